The Morgan fingerprint density at radius 2 is 2.26 bits per heavy atom. The highest BCUT2D eigenvalue weighted by molar-refractivity contribution is 9.10. The molecule has 0 aliphatic rings. The van der Waals surface area contributed by atoms with Crippen LogP contribution >= 0.6 is 27.7 Å². The molecule has 1 aromatic carbocycles. The number of nitrogens with zero attached hydrogens (tertiary/aromatic N) is 3. The molecule has 2 aromatic rings. The summed E-state index contributed by atoms with van der Waals surface area (Å²) in [4.78, 5) is 14.9. The van der Waals surface area contributed by atoms with Gasteiger partial charge in [0.15, 0.2) is 11.0 Å². The van der Waals surface area contributed by atoms with Crippen molar-refractivity contribution in [1.82, 2.24) is 14.8 Å². The third-order valence-corrected chi connectivity index (χ3v) is 4.36. The van der Waals surface area contributed by atoms with Gasteiger partial charge in [0.05, 0.1) is 5.75 Å². The summed E-state index contributed by atoms with van der Waals surface area (Å²) in [6.07, 6.45) is 0. The number of carbonyl (C=O) groups is 1. The number of thioether (sulfide) groups is 1. The van der Waals surface area contributed by atoms with Crippen LogP contribution in [0.4, 0.5) is 0 Å². The number of halogens is 1. The first-order chi connectivity index (χ1) is 8.97. The van der Waals surface area contributed by atoms with Gasteiger partial charge in [0.2, 0.25) is 0 Å². The average Bonchev–Trinajstić information content (AvgIpc) is 2.71. The lowest BCUT2D eigenvalue weighted by Crippen LogP contribution is -2.00. The SMILES string of the molecule is Cc1cc(-c2nc(SCC(=O)O)n(C)n2)ccc1Br. The number of benzene rings is 1. The molecule has 0 saturated carbocycles. The van der Waals surface area contributed by atoms with Crippen molar-refractivity contribution in [3.8, 4) is 11.4 Å². The van der Waals surface area contributed by atoms with Crippen molar-refractivity contribution in [3.63, 3.8) is 0 Å². The van der Waals surface area contributed by atoms with Gasteiger partial charge in [-0.2, -0.15) is 5.10 Å². The second-order valence-electron chi connectivity index (χ2n) is 3.99. The third kappa shape index (κ3) is 3.36. The molecule has 1 heterocycles. The van der Waals surface area contributed by atoms with Crippen LogP contribution in [-0.4, -0.2) is 31.6 Å². The Bertz CT molecular complexity index is 627. The van der Waals surface area contributed by atoms with E-state index in [0.29, 0.717) is 11.0 Å². The molecule has 1 aromatic heterocycles. The molecule has 0 spiro atoms. The molecule has 0 atom stereocenters. The highest BCUT2D eigenvalue weighted by Gasteiger charge is 2.11. The first-order valence-corrected chi connectivity index (χ1v) is 7.27. The van der Waals surface area contributed by atoms with Crippen molar-refractivity contribution < 1.29 is 9.90 Å². The summed E-state index contributed by atoms with van der Waals surface area (Å²) >= 11 is 4.61. The molecule has 100 valence electrons. The van der Waals surface area contributed by atoms with E-state index in [9.17, 15) is 4.79 Å². The van der Waals surface area contributed by atoms with Gasteiger partial charge in [-0.05, 0) is 30.7 Å². The van der Waals surface area contributed by atoms with E-state index >= 15 is 0 Å². The summed E-state index contributed by atoms with van der Waals surface area (Å²) in [6.45, 7) is 2.00. The van der Waals surface area contributed by atoms with E-state index in [1.54, 1.807) is 11.7 Å². The van der Waals surface area contributed by atoms with Crippen LogP contribution in [0.2, 0.25) is 0 Å². The fraction of sp³-hybridized carbons (Fsp3) is 0.250. The summed E-state index contributed by atoms with van der Waals surface area (Å²) in [5.74, 6) is -0.286. The highest BCUT2D eigenvalue weighted by Crippen LogP contribution is 2.25. The first-order valence-electron chi connectivity index (χ1n) is 5.49. The van der Waals surface area contributed by atoms with Gasteiger partial charge < -0.3 is 5.11 Å². The molecule has 0 radical (unpaired) electrons. The van der Waals surface area contributed by atoms with E-state index in [4.69, 9.17) is 5.11 Å². The van der Waals surface area contributed by atoms with Gasteiger partial charge in [-0.1, -0.05) is 27.7 Å². The predicted octanol–water partition coefficient (Wildman–Crippen LogP) is 2.73. The van der Waals surface area contributed by atoms with Crippen LogP contribution in [0.1, 0.15) is 5.56 Å². The van der Waals surface area contributed by atoms with Crippen LogP contribution in [0.25, 0.3) is 11.4 Å². The third-order valence-electron chi connectivity index (χ3n) is 2.46. The number of aryl methyl sites for hydroxylation is 2. The molecule has 5 nitrogen and oxygen atoms in total. The summed E-state index contributed by atoms with van der Waals surface area (Å²) in [5, 5.41) is 13.6. The Balaban J connectivity index is 2.28. The molecule has 0 aliphatic heterocycles. The zero-order valence-electron chi connectivity index (χ0n) is 10.4. The second-order valence-corrected chi connectivity index (χ2v) is 5.78. The number of rotatable bonds is 4. The summed E-state index contributed by atoms with van der Waals surface area (Å²) < 4.78 is 2.63. The number of carboxylic acid groups (broad SMARTS) is 1. The summed E-state index contributed by atoms with van der Waals surface area (Å²) in [5.41, 5.74) is 2.02. The van der Waals surface area contributed by atoms with Crippen LogP contribution in [0.5, 0.6) is 0 Å². The summed E-state index contributed by atoms with van der Waals surface area (Å²) in [7, 11) is 1.76. The molecule has 0 saturated heterocycles. The molecule has 0 amide bonds. The molecule has 19 heavy (non-hydrogen) atoms. The maximum Gasteiger partial charge on any atom is 0.313 e. The van der Waals surface area contributed by atoms with Gasteiger partial charge in [-0.15, -0.1) is 0 Å². The fourth-order valence-corrected chi connectivity index (χ4v) is 2.41. The van der Waals surface area contributed by atoms with E-state index in [-0.39, 0.29) is 5.75 Å². The Hall–Kier alpha value is -1.34. The minimum Gasteiger partial charge on any atom is -0.481 e. The van der Waals surface area contributed by atoms with Crippen molar-refractivity contribution in [3.05, 3.63) is 28.2 Å². The standard InChI is InChI=1S/C12H12BrN3O2S/c1-7-5-8(3-4-9(7)13)11-14-12(16(2)15-11)19-6-10(17)18/h3-5H,6H2,1-2H3,(H,17,18). The van der Waals surface area contributed by atoms with Gasteiger partial charge in [0, 0.05) is 17.1 Å². The Morgan fingerprint density at radius 1 is 1.53 bits per heavy atom. The van der Waals surface area contributed by atoms with Gasteiger partial charge in [0.1, 0.15) is 0 Å². The second kappa shape index (κ2) is 5.75. The van der Waals surface area contributed by atoms with Crippen LogP contribution in [0.15, 0.2) is 27.8 Å². The maximum atomic E-state index is 10.6. The predicted molar refractivity (Wildman–Crippen MR) is 77.2 cm³/mol. The molecule has 0 fully saturated rings. The lowest BCUT2D eigenvalue weighted by atomic mass is 10.1. The monoisotopic (exact) mass is 341 g/mol. The van der Waals surface area contributed by atoms with Gasteiger partial charge in [0.25, 0.3) is 0 Å². The van der Waals surface area contributed by atoms with Crippen LogP contribution in [0, 0.1) is 6.92 Å². The Morgan fingerprint density at radius 3 is 2.89 bits per heavy atom. The van der Waals surface area contributed by atoms with E-state index < -0.39 is 5.97 Å². The number of hydrogen-bond acceptors (Lipinski definition) is 4. The molecular weight excluding hydrogens is 330 g/mol. The van der Waals surface area contributed by atoms with Crippen molar-refractivity contribution in [2.24, 2.45) is 7.05 Å². The van der Waals surface area contributed by atoms with Crippen LogP contribution in [0.3, 0.4) is 0 Å². The van der Waals surface area contributed by atoms with Crippen LogP contribution in [-0.2, 0) is 11.8 Å². The van der Waals surface area contributed by atoms with Crippen molar-refractivity contribution in [1.29, 1.82) is 0 Å². The molecule has 0 unspecified atom stereocenters. The minimum absolute atomic E-state index is 0.0225. The van der Waals surface area contributed by atoms with Gasteiger partial charge >= 0.3 is 5.97 Å². The molecule has 7 heteroatoms. The van der Waals surface area contributed by atoms with E-state index in [2.05, 4.69) is 26.0 Å². The smallest absolute Gasteiger partial charge is 0.313 e. The number of hydrogen-bond donors (Lipinski definition) is 1. The largest absolute Gasteiger partial charge is 0.481 e. The van der Waals surface area contributed by atoms with E-state index in [0.717, 1.165) is 27.4 Å². The molecule has 1 N–H and O–H groups in total. The number of aromatic nitrogens is 3. The highest BCUT2D eigenvalue weighted by atomic mass is 79.9. The maximum absolute atomic E-state index is 10.6. The van der Waals surface area contributed by atoms with E-state index in [1.165, 1.54) is 0 Å². The minimum atomic E-state index is -0.867. The molecule has 2 rings (SSSR count). The quantitative estimate of drug-likeness (QED) is 0.866. The Labute approximate surface area is 123 Å². The lowest BCUT2D eigenvalue weighted by Gasteiger charge is -1.99. The van der Waals surface area contributed by atoms with Crippen molar-refractivity contribution in [2.75, 3.05) is 5.75 Å². The van der Waals surface area contributed by atoms with E-state index in [1.807, 2.05) is 25.1 Å². The molecular formula is C12H12BrN3O2S. The lowest BCUT2D eigenvalue weighted by molar-refractivity contribution is -0.133. The normalized spacial score (nSPS) is 10.7. The van der Waals surface area contributed by atoms with Gasteiger partial charge in [-0.25, -0.2) is 9.67 Å². The topological polar surface area (TPSA) is 68.0 Å². The first kappa shape index (κ1) is 14.1. The van der Waals surface area contributed by atoms with Crippen molar-refractivity contribution in [2.45, 2.75) is 12.1 Å². The number of aliphatic carboxylic acids is 1. The summed E-state index contributed by atoms with van der Waals surface area (Å²) in [6, 6.07) is 5.87. The Kier molecular flexibility index (Phi) is 4.26. The van der Waals surface area contributed by atoms with Crippen molar-refractivity contribution >= 4 is 33.7 Å². The zero-order chi connectivity index (χ0) is 14.0. The number of carboxylic acids is 1. The molecule has 0 aliphatic carbocycles. The zero-order valence-corrected chi connectivity index (χ0v) is 12.8. The fourth-order valence-electron chi connectivity index (χ4n) is 1.53. The van der Waals surface area contributed by atoms with Crippen LogP contribution < -0.4 is 0 Å². The molecule has 0 bridgehead atoms. The average molecular weight is 342 g/mol. The van der Waals surface area contributed by atoms with Gasteiger partial charge in [-0.3, -0.25) is 4.79 Å².